The molecule has 0 bridgehead atoms. The number of aromatic nitrogens is 2. The third-order valence-corrected chi connectivity index (χ3v) is 2.76. The van der Waals surface area contributed by atoms with Crippen molar-refractivity contribution in [2.75, 3.05) is 31.7 Å². The molecule has 15 heavy (non-hydrogen) atoms. The summed E-state index contributed by atoms with van der Waals surface area (Å²) in [4.78, 5) is 4.36. The van der Waals surface area contributed by atoms with Crippen LogP contribution in [0, 0.1) is 0 Å². The van der Waals surface area contributed by atoms with E-state index in [9.17, 15) is 0 Å². The minimum Gasteiger partial charge on any atom is -0.376 e. The van der Waals surface area contributed by atoms with E-state index >= 15 is 0 Å². The second-order valence-corrected chi connectivity index (χ2v) is 4.07. The van der Waals surface area contributed by atoms with Gasteiger partial charge in [0.15, 0.2) is 5.82 Å². The summed E-state index contributed by atoms with van der Waals surface area (Å²) in [6.45, 7) is 4.90. The van der Waals surface area contributed by atoms with Gasteiger partial charge in [-0.05, 0) is 6.42 Å². The molecule has 0 amide bonds. The zero-order valence-electron chi connectivity index (χ0n) is 8.73. The first kappa shape index (κ1) is 10.8. The Bertz CT molecular complexity index is 299. The summed E-state index contributed by atoms with van der Waals surface area (Å²) in [5, 5.41) is 4.06. The van der Waals surface area contributed by atoms with Crippen LogP contribution in [0.5, 0.6) is 0 Å². The second-order valence-electron chi connectivity index (χ2n) is 3.32. The highest BCUT2D eigenvalue weighted by Gasteiger charge is 2.20. The molecular weight excluding hydrogens is 214 g/mol. The quantitative estimate of drug-likeness (QED) is 0.846. The van der Waals surface area contributed by atoms with Crippen LogP contribution in [0.15, 0.2) is 0 Å². The Kier molecular flexibility index (Phi) is 3.87. The molecule has 6 heteroatoms. The maximum atomic E-state index is 5.51. The van der Waals surface area contributed by atoms with Crippen molar-refractivity contribution < 1.29 is 9.47 Å². The van der Waals surface area contributed by atoms with Gasteiger partial charge in [-0.1, -0.05) is 6.92 Å². The Morgan fingerprint density at radius 3 is 3.20 bits per heavy atom. The van der Waals surface area contributed by atoms with Gasteiger partial charge in [-0.15, -0.1) is 0 Å². The van der Waals surface area contributed by atoms with Crippen LogP contribution in [0.1, 0.15) is 25.3 Å². The molecule has 0 spiro atoms. The molecule has 1 unspecified atom stereocenters. The largest absolute Gasteiger partial charge is 0.376 e. The van der Waals surface area contributed by atoms with Gasteiger partial charge in [0.05, 0.1) is 19.8 Å². The van der Waals surface area contributed by atoms with Crippen molar-refractivity contribution in [1.29, 1.82) is 0 Å². The first-order valence-corrected chi connectivity index (χ1v) is 5.94. The highest BCUT2D eigenvalue weighted by atomic mass is 32.1. The molecule has 0 aliphatic carbocycles. The molecule has 2 rings (SSSR count). The van der Waals surface area contributed by atoms with Crippen LogP contribution < -0.4 is 5.32 Å². The summed E-state index contributed by atoms with van der Waals surface area (Å²) in [7, 11) is 0. The van der Waals surface area contributed by atoms with E-state index in [2.05, 4.69) is 21.6 Å². The van der Waals surface area contributed by atoms with Crippen LogP contribution in [0.3, 0.4) is 0 Å². The monoisotopic (exact) mass is 229 g/mol. The predicted octanol–water partition coefficient (Wildman–Crippen LogP) is 1.45. The van der Waals surface area contributed by atoms with E-state index in [0.717, 1.165) is 23.9 Å². The number of ether oxygens (including phenoxy) is 2. The fourth-order valence-corrected chi connectivity index (χ4v) is 1.95. The van der Waals surface area contributed by atoms with Gasteiger partial charge in [-0.3, -0.25) is 0 Å². The second kappa shape index (κ2) is 5.39. The van der Waals surface area contributed by atoms with Crippen LogP contribution in [0.2, 0.25) is 0 Å². The molecule has 1 aromatic heterocycles. The maximum Gasteiger partial charge on any atom is 0.202 e. The number of anilines is 1. The van der Waals surface area contributed by atoms with Crippen LogP contribution in [-0.2, 0) is 9.47 Å². The number of hydrogen-bond acceptors (Lipinski definition) is 6. The Morgan fingerprint density at radius 1 is 1.53 bits per heavy atom. The highest BCUT2D eigenvalue weighted by molar-refractivity contribution is 7.09. The standard InChI is InChI=1S/C9H15N3O2S/c1-2-3-10-9-11-8(12-15-9)7-6-13-4-5-14-7/h7H,2-6H2,1H3,(H,10,11,12). The third kappa shape index (κ3) is 2.87. The number of hydrogen-bond donors (Lipinski definition) is 1. The van der Waals surface area contributed by atoms with Crippen molar-refractivity contribution in [3.63, 3.8) is 0 Å². The van der Waals surface area contributed by atoms with Gasteiger partial charge >= 0.3 is 0 Å². The van der Waals surface area contributed by atoms with Gasteiger partial charge in [0.25, 0.3) is 0 Å². The van der Waals surface area contributed by atoms with Crippen molar-refractivity contribution in [1.82, 2.24) is 9.36 Å². The lowest BCUT2D eigenvalue weighted by Gasteiger charge is -2.20. The minimum absolute atomic E-state index is 0.0906. The number of nitrogens with zero attached hydrogens (tertiary/aromatic N) is 2. The van der Waals surface area contributed by atoms with Gasteiger partial charge in [-0.25, -0.2) is 4.98 Å². The summed E-state index contributed by atoms with van der Waals surface area (Å²) >= 11 is 1.38. The van der Waals surface area contributed by atoms with E-state index in [-0.39, 0.29) is 6.10 Å². The van der Waals surface area contributed by atoms with Crippen LogP contribution in [0.25, 0.3) is 0 Å². The van der Waals surface area contributed by atoms with Gasteiger partial charge in [-0.2, -0.15) is 4.37 Å². The van der Waals surface area contributed by atoms with Gasteiger partial charge in [0.2, 0.25) is 5.13 Å². The van der Waals surface area contributed by atoms with Crippen molar-refractivity contribution >= 4 is 16.7 Å². The molecule has 2 heterocycles. The van der Waals surface area contributed by atoms with Crippen molar-refractivity contribution in [2.24, 2.45) is 0 Å². The van der Waals surface area contributed by atoms with Crippen LogP contribution >= 0.6 is 11.5 Å². The van der Waals surface area contributed by atoms with E-state index < -0.39 is 0 Å². The van der Waals surface area contributed by atoms with E-state index in [1.54, 1.807) is 0 Å². The maximum absolute atomic E-state index is 5.51. The van der Waals surface area contributed by atoms with Crippen LogP contribution in [-0.4, -0.2) is 35.7 Å². The molecule has 1 aromatic rings. The molecule has 1 aliphatic rings. The molecule has 84 valence electrons. The lowest BCUT2D eigenvalue weighted by molar-refractivity contribution is -0.0930. The SMILES string of the molecule is CCCNc1nc(C2COCCO2)ns1. The summed E-state index contributed by atoms with van der Waals surface area (Å²) in [5.74, 6) is 0.735. The predicted molar refractivity (Wildman–Crippen MR) is 58.2 cm³/mol. The lowest BCUT2D eigenvalue weighted by Crippen LogP contribution is -2.22. The summed E-state index contributed by atoms with van der Waals surface area (Å²) < 4.78 is 15.1. The fraction of sp³-hybridized carbons (Fsp3) is 0.778. The van der Waals surface area contributed by atoms with Crippen molar-refractivity contribution in [2.45, 2.75) is 19.4 Å². The van der Waals surface area contributed by atoms with Gasteiger partial charge in [0.1, 0.15) is 6.10 Å². The molecule has 0 saturated carbocycles. The molecule has 5 nitrogen and oxygen atoms in total. The molecule has 1 atom stereocenters. The van der Waals surface area contributed by atoms with E-state index in [1.807, 2.05) is 0 Å². The summed E-state index contributed by atoms with van der Waals surface area (Å²) in [6, 6.07) is 0. The Balaban J connectivity index is 1.93. The summed E-state index contributed by atoms with van der Waals surface area (Å²) in [6.07, 6.45) is 0.991. The van der Waals surface area contributed by atoms with E-state index in [0.29, 0.717) is 19.8 Å². The fourth-order valence-electron chi connectivity index (χ4n) is 1.31. The number of nitrogens with one attached hydrogen (secondary N) is 1. The molecule has 0 radical (unpaired) electrons. The third-order valence-electron chi connectivity index (χ3n) is 2.07. The summed E-state index contributed by atoms with van der Waals surface area (Å²) in [5.41, 5.74) is 0. The zero-order chi connectivity index (χ0) is 10.5. The molecule has 0 aromatic carbocycles. The molecule has 1 fully saturated rings. The van der Waals surface area contributed by atoms with Gasteiger partial charge < -0.3 is 14.8 Å². The van der Waals surface area contributed by atoms with Crippen molar-refractivity contribution in [3.05, 3.63) is 5.82 Å². The first-order valence-electron chi connectivity index (χ1n) is 5.17. The molecule has 1 saturated heterocycles. The smallest absolute Gasteiger partial charge is 0.202 e. The Labute approximate surface area is 93.0 Å². The van der Waals surface area contributed by atoms with Gasteiger partial charge in [0, 0.05) is 18.1 Å². The Morgan fingerprint density at radius 2 is 2.47 bits per heavy atom. The molecule has 1 aliphatic heterocycles. The lowest BCUT2D eigenvalue weighted by atomic mass is 10.3. The minimum atomic E-state index is -0.0906. The molecular formula is C9H15N3O2S. The number of rotatable bonds is 4. The van der Waals surface area contributed by atoms with E-state index in [1.165, 1.54) is 11.5 Å². The normalized spacial score (nSPS) is 21.5. The zero-order valence-corrected chi connectivity index (χ0v) is 9.55. The molecule has 1 N–H and O–H groups in total. The average Bonchev–Trinajstić information content (AvgIpc) is 2.76. The highest BCUT2D eigenvalue weighted by Crippen LogP contribution is 2.21. The van der Waals surface area contributed by atoms with E-state index in [4.69, 9.17) is 9.47 Å². The van der Waals surface area contributed by atoms with Crippen molar-refractivity contribution in [3.8, 4) is 0 Å². The topological polar surface area (TPSA) is 56.3 Å². The Hall–Kier alpha value is -0.720. The first-order chi connectivity index (χ1) is 7.40. The average molecular weight is 229 g/mol. The van der Waals surface area contributed by atoms with Crippen LogP contribution in [0.4, 0.5) is 5.13 Å².